The van der Waals surface area contributed by atoms with E-state index in [0.29, 0.717) is 29.9 Å². The van der Waals surface area contributed by atoms with E-state index in [9.17, 15) is 14.4 Å². The Kier molecular flexibility index (Phi) is 6.15. The lowest BCUT2D eigenvalue weighted by atomic mass is 10.2. The number of carbonyl (C=O) groups excluding carboxylic acids is 3. The van der Waals surface area contributed by atoms with Crippen LogP contribution in [0.1, 0.15) is 36.8 Å². The number of fused-ring (bicyclic) bond motifs is 1. The minimum Gasteiger partial charge on any atom is -0.443 e. The molecule has 172 valence electrons. The summed E-state index contributed by atoms with van der Waals surface area (Å²) in [6, 6.07) is 12.2. The van der Waals surface area contributed by atoms with E-state index in [1.807, 2.05) is 12.1 Å². The normalized spacial score (nSPS) is 15.0. The molecule has 0 atom stereocenters. The summed E-state index contributed by atoms with van der Waals surface area (Å²) in [7, 11) is 0. The number of carbonyl (C=O) groups is 3. The molecule has 1 amide bonds. The molecule has 0 N–H and O–H groups in total. The van der Waals surface area contributed by atoms with Crippen LogP contribution in [-0.4, -0.2) is 62.7 Å². The van der Waals surface area contributed by atoms with Gasteiger partial charge in [0.15, 0.2) is 0 Å². The number of nitrogens with zero attached hydrogens (tertiary/aromatic N) is 4. The largest absolute Gasteiger partial charge is 0.443 e. The Balaban J connectivity index is 1.48. The van der Waals surface area contributed by atoms with Crippen LogP contribution in [0.25, 0.3) is 10.9 Å². The van der Waals surface area contributed by atoms with Crippen molar-refractivity contribution in [1.29, 1.82) is 0 Å². The van der Waals surface area contributed by atoms with E-state index in [2.05, 4.69) is 4.98 Å². The molecule has 1 aliphatic heterocycles. The predicted octanol–water partition coefficient (Wildman–Crippen LogP) is 3.24. The Morgan fingerprint density at radius 3 is 2.55 bits per heavy atom. The van der Waals surface area contributed by atoms with E-state index >= 15 is 0 Å². The van der Waals surface area contributed by atoms with E-state index in [0.717, 1.165) is 5.39 Å². The first-order valence-corrected chi connectivity index (χ1v) is 10.7. The predicted molar refractivity (Wildman–Crippen MR) is 120 cm³/mol. The number of piperazine rings is 1. The van der Waals surface area contributed by atoms with Crippen molar-refractivity contribution in [1.82, 2.24) is 19.5 Å². The Hall–Kier alpha value is -3.72. The molecular formula is C24H26N4O5. The Bertz CT molecular complexity index is 1180. The van der Waals surface area contributed by atoms with Crippen LogP contribution >= 0.6 is 0 Å². The van der Waals surface area contributed by atoms with Gasteiger partial charge >= 0.3 is 12.1 Å². The molecule has 0 bridgehead atoms. The van der Waals surface area contributed by atoms with Gasteiger partial charge in [-0.15, -0.1) is 5.06 Å². The van der Waals surface area contributed by atoms with Gasteiger partial charge in [0.05, 0.1) is 24.2 Å². The minimum absolute atomic E-state index is 0.0627. The average molecular weight is 450 g/mol. The lowest BCUT2D eigenvalue weighted by molar-refractivity contribution is -0.162. The molecule has 3 heterocycles. The number of hydrogen-bond acceptors (Lipinski definition) is 7. The van der Waals surface area contributed by atoms with Crippen molar-refractivity contribution >= 4 is 28.9 Å². The van der Waals surface area contributed by atoms with Crippen molar-refractivity contribution < 1.29 is 24.0 Å². The number of aromatic nitrogens is 2. The molecule has 0 unspecified atom stereocenters. The summed E-state index contributed by atoms with van der Waals surface area (Å²) < 4.78 is 7.07. The van der Waals surface area contributed by atoms with Gasteiger partial charge in [-0.05, 0) is 45.0 Å². The summed E-state index contributed by atoms with van der Waals surface area (Å²) in [5.41, 5.74) is 1.04. The van der Waals surface area contributed by atoms with Crippen molar-refractivity contribution in [2.24, 2.45) is 0 Å². The van der Waals surface area contributed by atoms with Crippen molar-refractivity contribution in [3.63, 3.8) is 0 Å². The van der Waals surface area contributed by atoms with Crippen LogP contribution < -0.4 is 0 Å². The topological polar surface area (TPSA) is 94.0 Å². The van der Waals surface area contributed by atoms with Crippen molar-refractivity contribution in [2.75, 3.05) is 19.6 Å². The smallest absolute Gasteiger partial charge is 0.419 e. The van der Waals surface area contributed by atoms with Gasteiger partial charge in [0.2, 0.25) is 5.91 Å². The maximum absolute atomic E-state index is 12.9. The fourth-order valence-electron chi connectivity index (χ4n) is 3.62. The lowest BCUT2D eigenvalue weighted by Crippen LogP contribution is -2.50. The second kappa shape index (κ2) is 9.03. The summed E-state index contributed by atoms with van der Waals surface area (Å²) in [6.45, 7) is 6.26. The summed E-state index contributed by atoms with van der Waals surface area (Å²) >= 11 is 0. The van der Waals surface area contributed by atoms with E-state index in [1.165, 1.54) is 9.63 Å². The molecule has 1 fully saturated rings. The first-order chi connectivity index (χ1) is 15.7. The maximum atomic E-state index is 12.9. The summed E-state index contributed by atoms with van der Waals surface area (Å²) in [5, 5.41) is 2.14. The molecule has 0 spiro atoms. The Labute approximate surface area is 191 Å². The van der Waals surface area contributed by atoms with Gasteiger partial charge in [0.1, 0.15) is 12.1 Å². The minimum atomic E-state index is -0.665. The highest BCUT2D eigenvalue weighted by Crippen LogP contribution is 2.23. The SMILES string of the molecule is CC(C)(C)OC(=O)n1c(CN2CCN(OC(=O)c3ccccc3)CC2=O)cc2cnccc21. The van der Waals surface area contributed by atoms with Crippen LogP contribution in [0.2, 0.25) is 0 Å². The molecule has 9 heteroatoms. The zero-order valence-corrected chi connectivity index (χ0v) is 18.9. The highest BCUT2D eigenvalue weighted by molar-refractivity contribution is 5.91. The summed E-state index contributed by atoms with van der Waals surface area (Å²) in [5.74, 6) is -0.712. The van der Waals surface area contributed by atoms with Gasteiger partial charge in [-0.2, -0.15) is 0 Å². The third-order valence-electron chi connectivity index (χ3n) is 5.11. The van der Waals surface area contributed by atoms with Crippen molar-refractivity contribution in [2.45, 2.75) is 32.9 Å². The lowest BCUT2D eigenvalue weighted by Gasteiger charge is -2.33. The molecule has 3 aromatic rings. The standard InChI is InChI=1S/C24H26N4O5/c1-24(2,3)32-23(31)28-19(13-18-14-25-10-9-20(18)28)15-26-11-12-27(16-21(26)29)33-22(30)17-7-5-4-6-8-17/h4-10,13-14H,11-12,15-16H2,1-3H3. The number of pyridine rings is 1. The van der Waals surface area contributed by atoms with Gasteiger partial charge in [-0.1, -0.05) is 18.2 Å². The molecule has 33 heavy (non-hydrogen) atoms. The number of rotatable bonds is 4. The summed E-state index contributed by atoms with van der Waals surface area (Å²) in [6.07, 6.45) is 2.77. The quantitative estimate of drug-likeness (QED) is 0.602. The van der Waals surface area contributed by atoms with Crippen molar-refractivity contribution in [3.8, 4) is 0 Å². The van der Waals surface area contributed by atoms with Gasteiger partial charge in [0, 0.05) is 30.0 Å². The van der Waals surface area contributed by atoms with Crippen LogP contribution in [0.4, 0.5) is 4.79 Å². The molecule has 1 saturated heterocycles. The first-order valence-electron chi connectivity index (χ1n) is 10.7. The fourth-order valence-corrected chi connectivity index (χ4v) is 3.62. The number of hydrogen-bond donors (Lipinski definition) is 0. The van der Waals surface area contributed by atoms with E-state index in [-0.39, 0.29) is 19.0 Å². The highest BCUT2D eigenvalue weighted by Gasteiger charge is 2.29. The highest BCUT2D eigenvalue weighted by atomic mass is 16.7. The molecule has 9 nitrogen and oxygen atoms in total. The Morgan fingerprint density at radius 2 is 1.85 bits per heavy atom. The molecular weight excluding hydrogens is 424 g/mol. The van der Waals surface area contributed by atoms with Crippen LogP contribution in [0, 0.1) is 0 Å². The number of ether oxygens (including phenoxy) is 1. The summed E-state index contributed by atoms with van der Waals surface area (Å²) in [4.78, 5) is 49.2. The first kappa shape index (κ1) is 22.5. The zero-order valence-electron chi connectivity index (χ0n) is 18.9. The van der Waals surface area contributed by atoms with Crippen LogP contribution in [0.3, 0.4) is 0 Å². The van der Waals surface area contributed by atoms with E-state index < -0.39 is 17.7 Å². The molecule has 0 saturated carbocycles. The number of hydroxylamine groups is 2. The number of benzene rings is 1. The van der Waals surface area contributed by atoms with E-state index in [1.54, 1.807) is 68.4 Å². The average Bonchev–Trinajstić information content (AvgIpc) is 3.13. The monoisotopic (exact) mass is 450 g/mol. The Morgan fingerprint density at radius 1 is 1.09 bits per heavy atom. The van der Waals surface area contributed by atoms with Crippen LogP contribution in [-0.2, 0) is 20.9 Å². The maximum Gasteiger partial charge on any atom is 0.419 e. The van der Waals surface area contributed by atoms with Gasteiger partial charge in [-0.3, -0.25) is 9.78 Å². The zero-order chi connectivity index (χ0) is 23.6. The molecule has 1 aromatic carbocycles. The molecule has 0 aliphatic carbocycles. The molecule has 1 aliphatic rings. The molecule has 2 aromatic heterocycles. The third kappa shape index (κ3) is 5.20. The van der Waals surface area contributed by atoms with Crippen molar-refractivity contribution in [3.05, 3.63) is 66.1 Å². The van der Waals surface area contributed by atoms with Gasteiger partial charge in [-0.25, -0.2) is 14.2 Å². The molecule has 0 radical (unpaired) electrons. The van der Waals surface area contributed by atoms with Crippen LogP contribution in [0.5, 0.6) is 0 Å². The fraction of sp³-hybridized carbons (Fsp3) is 0.333. The van der Waals surface area contributed by atoms with Crippen LogP contribution in [0.15, 0.2) is 54.9 Å². The third-order valence-corrected chi connectivity index (χ3v) is 5.11. The van der Waals surface area contributed by atoms with E-state index in [4.69, 9.17) is 9.57 Å². The second-order valence-corrected chi connectivity index (χ2v) is 8.81. The van der Waals surface area contributed by atoms with Gasteiger partial charge < -0.3 is 14.5 Å². The molecule has 4 rings (SSSR count). The number of amides is 1. The second-order valence-electron chi connectivity index (χ2n) is 8.81. The van der Waals surface area contributed by atoms with Gasteiger partial charge in [0.25, 0.3) is 0 Å².